The van der Waals surface area contributed by atoms with Gasteiger partial charge in [0.15, 0.2) is 0 Å². The monoisotopic (exact) mass is 245 g/mol. The second kappa shape index (κ2) is 6.33. The predicted molar refractivity (Wildman–Crippen MR) is 64.1 cm³/mol. The van der Waals surface area contributed by atoms with E-state index in [1.54, 1.807) is 7.05 Å². The minimum Gasteiger partial charge on any atom is -0.480 e. The van der Waals surface area contributed by atoms with Crippen LogP contribution in [0.15, 0.2) is 0 Å². The van der Waals surface area contributed by atoms with Crippen LogP contribution in [0.1, 0.15) is 33.1 Å². The minimum atomic E-state index is -0.802. The van der Waals surface area contributed by atoms with E-state index in [2.05, 4.69) is 5.32 Å². The van der Waals surface area contributed by atoms with E-state index in [4.69, 9.17) is 9.47 Å². The first kappa shape index (κ1) is 14.4. The number of hydrogen-bond acceptors (Lipinski definition) is 4. The molecule has 2 N–H and O–H groups in total. The Labute approximate surface area is 102 Å². The summed E-state index contributed by atoms with van der Waals surface area (Å²) in [6.45, 7) is 5.05. The van der Waals surface area contributed by atoms with Gasteiger partial charge < -0.3 is 19.9 Å². The van der Waals surface area contributed by atoms with E-state index in [-0.39, 0.29) is 12.2 Å². The van der Waals surface area contributed by atoms with Crippen molar-refractivity contribution in [2.75, 3.05) is 20.3 Å². The largest absolute Gasteiger partial charge is 0.480 e. The zero-order chi connectivity index (χ0) is 12.9. The summed E-state index contributed by atoms with van der Waals surface area (Å²) in [5.74, 6) is -0.787. The van der Waals surface area contributed by atoms with E-state index < -0.39 is 11.5 Å². The third-order valence-corrected chi connectivity index (χ3v) is 3.25. The van der Waals surface area contributed by atoms with E-state index in [1.807, 2.05) is 13.8 Å². The van der Waals surface area contributed by atoms with Crippen LogP contribution < -0.4 is 5.32 Å². The molecule has 0 aromatic carbocycles. The standard InChI is InChI=1S/C12H23NO4/c1-9(2)16-6-7-17-10-4-5-12(8-10,13-3)11(14)15/h9-10,13H,4-8H2,1-3H3,(H,14,15). The highest BCUT2D eigenvalue weighted by Crippen LogP contribution is 2.31. The first-order valence-corrected chi connectivity index (χ1v) is 6.15. The van der Waals surface area contributed by atoms with Crippen molar-refractivity contribution in [2.45, 2.75) is 50.9 Å². The highest BCUT2D eigenvalue weighted by atomic mass is 16.5. The average molecular weight is 245 g/mol. The molecule has 5 nitrogen and oxygen atoms in total. The number of carboxylic acid groups (broad SMARTS) is 1. The van der Waals surface area contributed by atoms with Crippen LogP contribution in [-0.4, -0.2) is 49.1 Å². The molecule has 0 amide bonds. The second-order valence-electron chi connectivity index (χ2n) is 4.79. The maximum Gasteiger partial charge on any atom is 0.323 e. The van der Waals surface area contributed by atoms with Gasteiger partial charge in [-0.3, -0.25) is 4.79 Å². The highest BCUT2D eigenvalue weighted by molar-refractivity contribution is 5.79. The van der Waals surface area contributed by atoms with Crippen LogP contribution >= 0.6 is 0 Å². The number of hydrogen-bond donors (Lipinski definition) is 2. The molecule has 1 aliphatic rings. The number of nitrogens with one attached hydrogen (secondary N) is 1. The summed E-state index contributed by atoms with van der Waals surface area (Å²) in [6.07, 6.45) is 2.16. The average Bonchev–Trinajstić information content (AvgIpc) is 2.69. The normalized spacial score (nSPS) is 28.8. The fourth-order valence-corrected chi connectivity index (χ4v) is 2.17. The molecule has 0 aromatic heterocycles. The molecule has 1 aliphatic carbocycles. The summed E-state index contributed by atoms with van der Waals surface area (Å²) in [5.41, 5.74) is -0.802. The Morgan fingerprint density at radius 2 is 2.24 bits per heavy atom. The second-order valence-corrected chi connectivity index (χ2v) is 4.79. The summed E-state index contributed by atoms with van der Waals surface area (Å²) < 4.78 is 11.0. The zero-order valence-electron chi connectivity index (χ0n) is 10.9. The molecule has 1 fully saturated rings. The molecule has 5 heteroatoms. The first-order chi connectivity index (χ1) is 8.00. The fourth-order valence-electron chi connectivity index (χ4n) is 2.17. The Morgan fingerprint density at radius 3 is 2.71 bits per heavy atom. The molecular weight excluding hydrogens is 222 g/mol. The molecule has 0 bridgehead atoms. The van der Waals surface area contributed by atoms with Gasteiger partial charge in [-0.25, -0.2) is 0 Å². The Kier molecular flexibility index (Phi) is 5.36. The van der Waals surface area contributed by atoms with Gasteiger partial charge in [-0.15, -0.1) is 0 Å². The maximum absolute atomic E-state index is 11.2. The highest BCUT2D eigenvalue weighted by Gasteiger charge is 2.44. The summed E-state index contributed by atoms with van der Waals surface area (Å²) in [5, 5.41) is 12.1. The number of carboxylic acids is 1. The van der Waals surface area contributed by atoms with Crippen molar-refractivity contribution >= 4 is 5.97 Å². The van der Waals surface area contributed by atoms with E-state index in [0.29, 0.717) is 26.1 Å². The van der Waals surface area contributed by atoms with Gasteiger partial charge in [0.1, 0.15) is 5.54 Å². The molecule has 0 heterocycles. The van der Waals surface area contributed by atoms with Crippen LogP contribution in [0.2, 0.25) is 0 Å². The topological polar surface area (TPSA) is 67.8 Å². The van der Waals surface area contributed by atoms with Crippen LogP contribution in [0.25, 0.3) is 0 Å². The summed E-state index contributed by atoms with van der Waals surface area (Å²) >= 11 is 0. The van der Waals surface area contributed by atoms with Crippen LogP contribution in [0.4, 0.5) is 0 Å². The molecule has 2 unspecified atom stereocenters. The van der Waals surface area contributed by atoms with Gasteiger partial charge >= 0.3 is 5.97 Å². The van der Waals surface area contributed by atoms with Gasteiger partial charge in [0.2, 0.25) is 0 Å². The van der Waals surface area contributed by atoms with Gasteiger partial charge in [0.05, 0.1) is 25.4 Å². The van der Waals surface area contributed by atoms with Gasteiger partial charge in [0, 0.05) is 6.42 Å². The third kappa shape index (κ3) is 3.94. The van der Waals surface area contributed by atoms with Crippen molar-refractivity contribution in [3.63, 3.8) is 0 Å². The van der Waals surface area contributed by atoms with Crippen molar-refractivity contribution in [1.82, 2.24) is 5.32 Å². The molecule has 1 saturated carbocycles. The molecule has 2 atom stereocenters. The minimum absolute atomic E-state index is 0.0225. The molecule has 0 radical (unpaired) electrons. The lowest BCUT2D eigenvalue weighted by atomic mass is 9.98. The van der Waals surface area contributed by atoms with E-state index in [9.17, 15) is 9.90 Å². The van der Waals surface area contributed by atoms with Crippen LogP contribution in [0, 0.1) is 0 Å². The summed E-state index contributed by atoms with van der Waals surface area (Å²) in [7, 11) is 1.69. The van der Waals surface area contributed by atoms with Gasteiger partial charge in [-0.1, -0.05) is 0 Å². The Morgan fingerprint density at radius 1 is 1.53 bits per heavy atom. The molecule has 1 rings (SSSR count). The number of ether oxygens (including phenoxy) is 2. The Bertz CT molecular complexity index is 257. The molecule has 100 valence electrons. The van der Waals surface area contributed by atoms with E-state index >= 15 is 0 Å². The Hall–Kier alpha value is -0.650. The van der Waals surface area contributed by atoms with Crippen molar-refractivity contribution in [2.24, 2.45) is 0 Å². The molecular formula is C12H23NO4. The van der Waals surface area contributed by atoms with Gasteiger partial charge in [-0.2, -0.15) is 0 Å². The third-order valence-electron chi connectivity index (χ3n) is 3.25. The number of likely N-dealkylation sites (N-methyl/N-ethyl adjacent to an activating group) is 1. The SMILES string of the molecule is CNC1(C(=O)O)CCC(OCCOC(C)C)C1. The van der Waals surface area contributed by atoms with E-state index in [1.165, 1.54) is 0 Å². The van der Waals surface area contributed by atoms with Crippen molar-refractivity contribution in [3.8, 4) is 0 Å². The summed E-state index contributed by atoms with van der Waals surface area (Å²) in [4.78, 5) is 11.2. The van der Waals surface area contributed by atoms with E-state index in [0.717, 1.165) is 6.42 Å². The van der Waals surface area contributed by atoms with Gasteiger partial charge in [-0.05, 0) is 33.7 Å². The Balaban J connectivity index is 2.28. The van der Waals surface area contributed by atoms with Crippen LogP contribution in [0.3, 0.4) is 0 Å². The molecule has 0 aromatic rings. The predicted octanol–water partition coefficient (Wildman–Crippen LogP) is 1.02. The van der Waals surface area contributed by atoms with Crippen LogP contribution in [-0.2, 0) is 14.3 Å². The molecule has 0 aliphatic heterocycles. The van der Waals surface area contributed by atoms with Crippen molar-refractivity contribution < 1.29 is 19.4 Å². The quantitative estimate of drug-likeness (QED) is 0.656. The molecule has 0 saturated heterocycles. The molecule has 0 spiro atoms. The lowest BCUT2D eigenvalue weighted by Crippen LogP contribution is -2.48. The smallest absolute Gasteiger partial charge is 0.323 e. The lowest BCUT2D eigenvalue weighted by molar-refractivity contribution is -0.144. The van der Waals surface area contributed by atoms with Crippen molar-refractivity contribution in [3.05, 3.63) is 0 Å². The number of rotatable bonds is 7. The maximum atomic E-state index is 11.2. The lowest BCUT2D eigenvalue weighted by Gasteiger charge is -2.23. The number of carbonyl (C=O) groups is 1. The van der Waals surface area contributed by atoms with Gasteiger partial charge in [0.25, 0.3) is 0 Å². The van der Waals surface area contributed by atoms with Crippen LogP contribution in [0.5, 0.6) is 0 Å². The fraction of sp³-hybridized carbons (Fsp3) is 0.917. The summed E-state index contributed by atoms with van der Waals surface area (Å²) in [6, 6.07) is 0. The molecule has 17 heavy (non-hydrogen) atoms. The van der Waals surface area contributed by atoms with Crippen molar-refractivity contribution in [1.29, 1.82) is 0 Å². The zero-order valence-corrected chi connectivity index (χ0v) is 10.9. The first-order valence-electron chi connectivity index (χ1n) is 6.15. The number of aliphatic carboxylic acids is 1.